The molecule has 0 radical (unpaired) electrons. The SMILES string of the molecule is NCCN(C(=O)CC(N)C(=O)NC(CCc1ccccc1)C(=O)Nc1cnc2ccccc2c1)C(CN)CN. The van der Waals surface area contributed by atoms with Gasteiger partial charge in [-0.1, -0.05) is 48.5 Å². The third-order valence-electron chi connectivity index (χ3n) is 6.46. The Bertz CT molecular complexity index is 1240. The number of rotatable bonds is 14. The fourth-order valence-electron chi connectivity index (χ4n) is 4.27. The molecule has 11 heteroatoms. The van der Waals surface area contributed by atoms with Crippen LogP contribution < -0.4 is 33.6 Å². The van der Waals surface area contributed by atoms with Crippen molar-refractivity contribution in [2.75, 3.05) is 31.5 Å². The molecule has 0 aliphatic heterocycles. The fraction of sp³-hybridized carbons (Fsp3) is 0.357. The molecule has 1 heterocycles. The summed E-state index contributed by atoms with van der Waals surface area (Å²) in [6, 6.07) is 16.5. The molecule has 3 rings (SSSR count). The molecule has 11 nitrogen and oxygen atoms in total. The van der Waals surface area contributed by atoms with Crippen molar-refractivity contribution < 1.29 is 14.4 Å². The Balaban J connectivity index is 1.71. The van der Waals surface area contributed by atoms with E-state index in [1.807, 2.05) is 60.7 Å². The highest BCUT2D eigenvalue weighted by molar-refractivity contribution is 5.99. The number of fused-ring (bicyclic) bond motifs is 1. The maximum Gasteiger partial charge on any atom is 0.247 e. The Kier molecular flexibility index (Phi) is 11.3. The molecule has 0 spiro atoms. The number of nitrogens with one attached hydrogen (secondary N) is 2. The first-order chi connectivity index (χ1) is 18.9. The summed E-state index contributed by atoms with van der Waals surface area (Å²) in [6.07, 6.45) is 2.16. The van der Waals surface area contributed by atoms with Crippen molar-refractivity contribution in [3.8, 4) is 0 Å². The lowest BCUT2D eigenvalue weighted by molar-refractivity contribution is -0.136. The van der Waals surface area contributed by atoms with Gasteiger partial charge in [-0.15, -0.1) is 0 Å². The van der Waals surface area contributed by atoms with Crippen LogP contribution in [0.3, 0.4) is 0 Å². The monoisotopic (exact) mass is 534 g/mol. The molecule has 0 saturated carbocycles. The lowest BCUT2D eigenvalue weighted by Gasteiger charge is -2.30. The van der Waals surface area contributed by atoms with Crippen molar-refractivity contribution in [1.29, 1.82) is 0 Å². The van der Waals surface area contributed by atoms with Crippen LogP contribution in [0.15, 0.2) is 66.9 Å². The minimum absolute atomic E-state index is 0.162. The van der Waals surface area contributed by atoms with Crippen molar-refractivity contribution >= 4 is 34.3 Å². The quantitative estimate of drug-likeness (QED) is 0.167. The second kappa shape index (κ2) is 14.9. The summed E-state index contributed by atoms with van der Waals surface area (Å²) < 4.78 is 0. The number of nitrogens with zero attached hydrogens (tertiary/aromatic N) is 2. The zero-order valence-corrected chi connectivity index (χ0v) is 22.0. The van der Waals surface area contributed by atoms with Gasteiger partial charge in [-0.05, 0) is 30.5 Å². The first kappa shape index (κ1) is 29.7. The molecule has 1 aromatic heterocycles. The summed E-state index contributed by atoms with van der Waals surface area (Å²) in [5, 5.41) is 6.45. The summed E-state index contributed by atoms with van der Waals surface area (Å²) >= 11 is 0. The van der Waals surface area contributed by atoms with Gasteiger partial charge in [-0.3, -0.25) is 19.4 Å². The van der Waals surface area contributed by atoms with Gasteiger partial charge in [-0.25, -0.2) is 0 Å². The molecule has 0 aliphatic rings. The number of aryl methyl sites for hydroxylation is 1. The number of benzene rings is 2. The van der Waals surface area contributed by atoms with Crippen molar-refractivity contribution in [3.05, 3.63) is 72.4 Å². The molecule has 39 heavy (non-hydrogen) atoms. The average molecular weight is 535 g/mol. The van der Waals surface area contributed by atoms with Crippen LogP contribution in [-0.4, -0.2) is 71.9 Å². The van der Waals surface area contributed by atoms with E-state index in [0.717, 1.165) is 16.5 Å². The number of nitrogens with two attached hydrogens (primary N) is 4. The third kappa shape index (κ3) is 8.55. The highest BCUT2D eigenvalue weighted by atomic mass is 16.2. The number of amides is 3. The molecule has 0 fully saturated rings. The molecule has 2 aromatic carbocycles. The van der Waals surface area contributed by atoms with Gasteiger partial charge in [-0.2, -0.15) is 0 Å². The highest BCUT2D eigenvalue weighted by Gasteiger charge is 2.28. The van der Waals surface area contributed by atoms with Crippen molar-refractivity contribution in [2.45, 2.75) is 37.4 Å². The standard InChI is InChI=1S/C28H38N8O3/c29-12-13-36(22(16-30)17-31)26(37)15-23(32)27(38)35-25(11-10-19-6-2-1-3-7-19)28(39)34-21-14-20-8-4-5-9-24(20)33-18-21/h1-9,14,18,22-23,25H,10-13,15-17,29-32H2,(H,34,39)(H,35,38). The first-order valence-corrected chi connectivity index (χ1v) is 13.0. The minimum Gasteiger partial charge on any atom is -0.343 e. The van der Waals surface area contributed by atoms with Crippen LogP contribution in [-0.2, 0) is 20.8 Å². The molecule has 10 N–H and O–H groups in total. The van der Waals surface area contributed by atoms with E-state index in [0.29, 0.717) is 18.5 Å². The van der Waals surface area contributed by atoms with Crippen molar-refractivity contribution in [2.24, 2.45) is 22.9 Å². The molecular formula is C28H38N8O3. The summed E-state index contributed by atoms with van der Waals surface area (Å²) in [4.78, 5) is 45.1. The number of hydrogen-bond donors (Lipinski definition) is 6. The molecule has 3 aromatic rings. The van der Waals surface area contributed by atoms with Gasteiger partial charge in [0, 0.05) is 31.6 Å². The van der Waals surface area contributed by atoms with Crippen LogP contribution in [0.4, 0.5) is 5.69 Å². The number of pyridine rings is 1. The fourth-order valence-corrected chi connectivity index (χ4v) is 4.27. The molecule has 2 unspecified atom stereocenters. The zero-order chi connectivity index (χ0) is 28.2. The molecule has 208 valence electrons. The van der Waals surface area contributed by atoms with E-state index in [4.69, 9.17) is 22.9 Å². The first-order valence-electron chi connectivity index (χ1n) is 13.0. The third-order valence-corrected chi connectivity index (χ3v) is 6.46. The lowest BCUT2D eigenvalue weighted by Crippen LogP contribution is -2.54. The van der Waals surface area contributed by atoms with E-state index in [2.05, 4.69) is 15.6 Å². The normalized spacial score (nSPS) is 12.6. The predicted molar refractivity (Wildman–Crippen MR) is 152 cm³/mol. The van der Waals surface area contributed by atoms with E-state index < -0.39 is 29.9 Å². The predicted octanol–water partition coefficient (Wildman–Crippen LogP) is 0.0816. The van der Waals surface area contributed by atoms with E-state index in [-0.39, 0.29) is 38.5 Å². The molecular weight excluding hydrogens is 496 g/mol. The van der Waals surface area contributed by atoms with Crippen LogP contribution in [0.1, 0.15) is 18.4 Å². The summed E-state index contributed by atoms with van der Waals surface area (Å²) in [5.74, 6) is -1.40. The molecule has 2 atom stereocenters. The van der Waals surface area contributed by atoms with Crippen LogP contribution in [0.2, 0.25) is 0 Å². The maximum atomic E-state index is 13.3. The van der Waals surface area contributed by atoms with Gasteiger partial charge in [0.25, 0.3) is 0 Å². The van der Waals surface area contributed by atoms with E-state index in [1.165, 1.54) is 4.90 Å². The van der Waals surface area contributed by atoms with Crippen molar-refractivity contribution in [3.63, 3.8) is 0 Å². The second-order valence-corrected chi connectivity index (χ2v) is 9.30. The van der Waals surface area contributed by atoms with Gasteiger partial charge < -0.3 is 38.5 Å². The van der Waals surface area contributed by atoms with Crippen LogP contribution in [0, 0.1) is 0 Å². The molecule has 3 amide bonds. The summed E-state index contributed by atoms with van der Waals surface area (Å²) in [7, 11) is 0. The van der Waals surface area contributed by atoms with Gasteiger partial charge in [0.15, 0.2) is 0 Å². The van der Waals surface area contributed by atoms with Gasteiger partial charge in [0.05, 0.1) is 35.9 Å². The number of aromatic nitrogens is 1. The number of hydrogen-bond acceptors (Lipinski definition) is 8. The average Bonchev–Trinajstić information content (AvgIpc) is 2.95. The Morgan fingerprint density at radius 3 is 2.31 bits per heavy atom. The van der Waals surface area contributed by atoms with E-state index in [1.54, 1.807) is 6.20 Å². The highest BCUT2D eigenvalue weighted by Crippen LogP contribution is 2.17. The second-order valence-electron chi connectivity index (χ2n) is 9.30. The molecule has 0 bridgehead atoms. The number of carbonyl (C=O) groups is 3. The van der Waals surface area contributed by atoms with Gasteiger partial charge in [0.1, 0.15) is 6.04 Å². The van der Waals surface area contributed by atoms with Crippen LogP contribution in [0.5, 0.6) is 0 Å². The van der Waals surface area contributed by atoms with Crippen LogP contribution >= 0.6 is 0 Å². The van der Waals surface area contributed by atoms with Crippen LogP contribution in [0.25, 0.3) is 10.9 Å². The number of para-hydroxylation sites is 1. The zero-order valence-electron chi connectivity index (χ0n) is 22.0. The summed E-state index contributed by atoms with van der Waals surface area (Å²) in [5.41, 5.74) is 25.6. The maximum absolute atomic E-state index is 13.3. The molecule has 0 saturated heterocycles. The van der Waals surface area contributed by atoms with E-state index in [9.17, 15) is 14.4 Å². The topological polar surface area (TPSA) is 195 Å². The van der Waals surface area contributed by atoms with Crippen molar-refractivity contribution in [1.82, 2.24) is 15.2 Å². The Labute approximate surface area is 228 Å². The number of anilines is 1. The smallest absolute Gasteiger partial charge is 0.247 e. The van der Waals surface area contributed by atoms with E-state index >= 15 is 0 Å². The Morgan fingerprint density at radius 1 is 0.923 bits per heavy atom. The Hall–Kier alpha value is -3.90. The lowest BCUT2D eigenvalue weighted by atomic mass is 10.0. The number of carbonyl (C=O) groups excluding carboxylic acids is 3. The minimum atomic E-state index is -1.18. The van der Waals surface area contributed by atoms with Gasteiger partial charge >= 0.3 is 0 Å². The molecule has 0 aliphatic carbocycles. The largest absolute Gasteiger partial charge is 0.343 e. The Morgan fingerprint density at radius 2 is 1.62 bits per heavy atom. The summed E-state index contributed by atoms with van der Waals surface area (Å²) in [6.45, 7) is 0.785. The van der Waals surface area contributed by atoms with Gasteiger partial charge in [0.2, 0.25) is 17.7 Å².